The van der Waals surface area contributed by atoms with Gasteiger partial charge in [0.15, 0.2) is 0 Å². The summed E-state index contributed by atoms with van der Waals surface area (Å²) in [5.41, 5.74) is 6.87. The molecular formula is C28H28O4. The first-order valence-electron chi connectivity index (χ1n) is 10.3. The molecule has 0 unspecified atom stereocenters. The first-order chi connectivity index (χ1) is 15.2. The van der Waals surface area contributed by atoms with E-state index in [0.717, 1.165) is 22.3 Å². The minimum atomic E-state index is 0.187. The Morgan fingerprint density at radius 2 is 0.531 bits per heavy atom. The van der Waals surface area contributed by atoms with Gasteiger partial charge in [0, 0.05) is 22.3 Å². The van der Waals surface area contributed by atoms with Gasteiger partial charge in [-0.25, -0.2) is 0 Å². The van der Waals surface area contributed by atoms with Crippen molar-refractivity contribution in [2.75, 3.05) is 0 Å². The molecule has 4 aromatic rings. The lowest BCUT2D eigenvalue weighted by Crippen LogP contribution is -1.83. The molecule has 0 aliphatic rings. The molecule has 164 valence electrons. The molecule has 0 bridgehead atoms. The number of phenols is 4. The van der Waals surface area contributed by atoms with Crippen molar-refractivity contribution in [3.8, 4) is 45.3 Å². The Kier molecular flexibility index (Phi) is 6.74. The van der Waals surface area contributed by atoms with Gasteiger partial charge >= 0.3 is 0 Å². The zero-order valence-electron chi connectivity index (χ0n) is 18.7. The summed E-state index contributed by atoms with van der Waals surface area (Å²) in [4.78, 5) is 0. The minimum absolute atomic E-state index is 0.187. The van der Waals surface area contributed by atoms with Crippen LogP contribution >= 0.6 is 0 Å². The highest BCUT2D eigenvalue weighted by atomic mass is 16.3. The number of benzene rings is 4. The van der Waals surface area contributed by atoms with Crippen LogP contribution in [0.2, 0.25) is 0 Å². The van der Waals surface area contributed by atoms with Crippen LogP contribution in [0.1, 0.15) is 22.3 Å². The largest absolute Gasteiger partial charge is 0.507 e. The van der Waals surface area contributed by atoms with Crippen molar-refractivity contribution in [2.45, 2.75) is 27.7 Å². The molecule has 0 amide bonds. The maximum atomic E-state index is 9.79. The topological polar surface area (TPSA) is 80.9 Å². The molecule has 0 aliphatic heterocycles. The first-order valence-corrected chi connectivity index (χ1v) is 10.3. The van der Waals surface area contributed by atoms with E-state index < -0.39 is 0 Å². The standard InChI is InChI=1S/2C14H14O2/c2*1-9-3-5-13(15)11(7-9)12-8-10(2)4-6-14(12)16/h2*3-8,15-16H,1-2H3. The fourth-order valence-corrected chi connectivity index (χ4v) is 3.46. The third-order valence-electron chi connectivity index (χ3n) is 5.19. The summed E-state index contributed by atoms with van der Waals surface area (Å²) in [5.74, 6) is 0.746. The van der Waals surface area contributed by atoms with Gasteiger partial charge in [-0.3, -0.25) is 0 Å². The van der Waals surface area contributed by atoms with Gasteiger partial charge in [0.1, 0.15) is 23.0 Å². The van der Waals surface area contributed by atoms with E-state index in [9.17, 15) is 20.4 Å². The molecule has 4 N–H and O–H groups in total. The SMILES string of the molecule is Cc1ccc(O)c(-c2cc(C)ccc2O)c1.Cc1ccc(O)c(-c2cc(C)ccc2O)c1. The van der Waals surface area contributed by atoms with Gasteiger partial charge in [-0.2, -0.15) is 0 Å². The third-order valence-corrected chi connectivity index (χ3v) is 5.19. The highest BCUT2D eigenvalue weighted by Crippen LogP contribution is 2.37. The number of hydrogen-bond acceptors (Lipinski definition) is 4. The van der Waals surface area contributed by atoms with E-state index in [1.165, 1.54) is 0 Å². The van der Waals surface area contributed by atoms with Gasteiger partial charge in [-0.05, 0) is 76.2 Å². The van der Waals surface area contributed by atoms with E-state index >= 15 is 0 Å². The lowest BCUT2D eigenvalue weighted by molar-refractivity contribution is 0.469. The van der Waals surface area contributed by atoms with Gasteiger partial charge in [0.25, 0.3) is 0 Å². The Hall–Kier alpha value is -3.92. The predicted octanol–water partition coefficient (Wildman–Crippen LogP) is 6.76. The molecule has 0 saturated carbocycles. The van der Waals surface area contributed by atoms with Crippen molar-refractivity contribution < 1.29 is 20.4 Å². The van der Waals surface area contributed by atoms with Gasteiger partial charge in [-0.1, -0.05) is 46.5 Å². The summed E-state index contributed by atoms with van der Waals surface area (Å²) >= 11 is 0. The van der Waals surface area contributed by atoms with Crippen molar-refractivity contribution in [1.82, 2.24) is 0 Å². The highest BCUT2D eigenvalue weighted by molar-refractivity contribution is 5.77. The lowest BCUT2D eigenvalue weighted by Gasteiger charge is -2.09. The fourth-order valence-electron chi connectivity index (χ4n) is 3.46. The average Bonchev–Trinajstić information content (AvgIpc) is 2.76. The van der Waals surface area contributed by atoms with Crippen molar-refractivity contribution in [3.05, 3.63) is 95.1 Å². The van der Waals surface area contributed by atoms with Crippen molar-refractivity contribution in [3.63, 3.8) is 0 Å². The van der Waals surface area contributed by atoms with Crippen LogP contribution in [0.15, 0.2) is 72.8 Å². The van der Waals surface area contributed by atoms with Crippen molar-refractivity contribution in [2.24, 2.45) is 0 Å². The second-order valence-electron chi connectivity index (χ2n) is 8.08. The molecule has 0 atom stereocenters. The molecule has 4 heteroatoms. The van der Waals surface area contributed by atoms with Gasteiger partial charge in [-0.15, -0.1) is 0 Å². The first kappa shape index (κ1) is 22.8. The van der Waals surface area contributed by atoms with Crippen LogP contribution in [-0.4, -0.2) is 20.4 Å². The van der Waals surface area contributed by atoms with Crippen molar-refractivity contribution >= 4 is 0 Å². The summed E-state index contributed by atoms with van der Waals surface area (Å²) in [6.07, 6.45) is 0. The highest BCUT2D eigenvalue weighted by Gasteiger charge is 2.10. The normalized spacial score (nSPS) is 10.4. The smallest absolute Gasteiger partial charge is 0.123 e. The third kappa shape index (κ3) is 5.22. The van der Waals surface area contributed by atoms with Gasteiger partial charge in [0.05, 0.1) is 0 Å². The summed E-state index contributed by atoms with van der Waals surface area (Å²) < 4.78 is 0. The Morgan fingerprint density at radius 1 is 0.344 bits per heavy atom. The van der Waals surface area contributed by atoms with Crippen LogP contribution in [0.4, 0.5) is 0 Å². The van der Waals surface area contributed by atoms with E-state index in [0.29, 0.717) is 22.3 Å². The molecule has 0 aromatic heterocycles. The number of aryl methyl sites for hydroxylation is 4. The van der Waals surface area contributed by atoms with Gasteiger partial charge in [0.2, 0.25) is 0 Å². The Labute approximate surface area is 188 Å². The molecule has 0 saturated heterocycles. The van der Waals surface area contributed by atoms with Crippen LogP contribution in [0.3, 0.4) is 0 Å². The summed E-state index contributed by atoms with van der Waals surface area (Å²) in [7, 11) is 0. The van der Waals surface area contributed by atoms with E-state index in [4.69, 9.17) is 0 Å². The molecule has 4 aromatic carbocycles. The van der Waals surface area contributed by atoms with E-state index in [1.54, 1.807) is 24.3 Å². The molecular weight excluding hydrogens is 400 g/mol. The van der Waals surface area contributed by atoms with Crippen LogP contribution in [0.5, 0.6) is 23.0 Å². The van der Waals surface area contributed by atoms with Crippen LogP contribution in [0, 0.1) is 27.7 Å². The fraction of sp³-hybridized carbons (Fsp3) is 0.143. The molecule has 0 spiro atoms. The van der Waals surface area contributed by atoms with Crippen LogP contribution in [0.25, 0.3) is 22.3 Å². The zero-order valence-corrected chi connectivity index (χ0v) is 18.7. The second-order valence-corrected chi connectivity index (χ2v) is 8.08. The second kappa shape index (κ2) is 9.48. The lowest BCUT2D eigenvalue weighted by atomic mass is 10.00. The molecule has 4 rings (SSSR count). The summed E-state index contributed by atoms with van der Waals surface area (Å²) in [6, 6.07) is 21.4. The monoisotopic (exact) mass is 428 g/mol. The molecule has 0 radical (unpaired) electrons. The van der Waals surface area contributed by atoms with E-state index in [-0.39, 0.29) is 23.0 Å². The Balaban J connectivity index is 0.000000181. The molecule has 0 fully saturated rings. The number of rotatable bonds is 2. The maximum absolute atomic E-state index is 9.79. The molecule has 32 heavy (non-hydrogen) atoms. The van der Waals surface area contributed by atoms with E-state index in [1.807, 2.05) is 76.2 Å². The van der Waals surface area contributed by atoms with Crippen LogP contribution < -0.4 is 0 Å². The molecule has 0 heterocycles. The number of aromatic hydroxyl groups is 4. The van der Waals surface area contributed by atoms with E-state index in [2.05, 4.69) is 0 Å². The Bertz CT molecular complexity index is 1060. The number of phenolic OH excluding ortho intramolecular Hbond substituents is 4. The molecule has 4 nitrogen and oxygen atoms in total. The predicted molar refractivity (Wildman–Crippen MR) is 129 cm³/mol. The minimum Gasteiger partial charge on any atom is -0.507 e. The maximum Gasteiger partial charge on any atom is 0.123 e. The number of hydrogen-bond donors (Lipinski definition) is 4. The summed E-state index contributed by atoms with van der Waals surface area (Å²) in [6.45, 7) is 7.82. The Morgan fingerprint density at radius 3 is 0.719 bits per heavy atom. The average molecular weight is 429 g/mol. The summed E-state index contributed by atoms with van der Waals surface area (Å²) in [5, 5.41) is 39.2. The molecule has 0 aliphatic carbocycles. The van der Waals surface area contributed by atoms with Gasteiger partial charge < -0.3 is 20.4 Å². The quantitative estimate of drug-likeness (QED) is 0.284. The van der Waals surface area contributed by atoms with Crippen LogP contribution in [-0.2, 0) is 0 Å². The zero-order chi connectivity index (χ0) is 23.4. The van der Waals surface area contributed by atoms with Crippen molar-refractivity contribution in [1.29, 1.82) is 0 Å².